The average Bonchev–Trinajstić information content (AvgIpc) is 2.66. The Balaban J connectivity index is 2.46. The first kappa shape index (κ1) is 10.6. The van der Waals surface area contributed by atoms with Gasteiger partial charge in [0, 0.05) is 30.7 Å². The maximum absolute atomic E-state index is 14.0. The van der Waals surface area contributed by atoms with E-state index in [2.05, 4.69) is 4.98 Å². The van der Waals surface area contributed by atoms with Crippen molar-refractivity contribution in [1.29, 1.82) is 0 Å². The summed E-state index contributed by atoms with van der Waals surface area (Å²) in [6, 6.07) is 5.52. The normalized spacial score (nSPS) is 11.7. The van der Waals surface area contributed by atoms with E-state index in [-0.39, 0.29) is 11.4 Å². The van der Waals surface area contributed by atoms with Crippen LogP contribution in [0.15, 0.2) is 36.7 Å². The molecule has 0 aliphatic rings. The molecule has 0 saturated carbocycles. The molecule has 0 unspecified atom stereocenters. The molecule has 2 N–H and O–H groups in total. The number of imidazole rings is 1. The van der Waals surface area contributed by atoms with E-state index in [9.17, 15) is 8.78 Å². The zero-order valence-corrected chi connectivity index (χ0v) is 8.69. The lowest BCUT2D eigenvalue weighted by Crippen LogP contribution is -2.20. The summed E-state index contributed by atoms with van der Waals surface area (Å²) in [5.74, 6) is -3.39. The van der Waals surface area contributed by atoms with Crippen molar-refractivity contribution < 1.29 is 8.78 Å². The lowest BCUT2D eigenvalue weighted by atomic mass is 10.1. The fraction of sp³-hybridized carbons (Fsp3) is 0.182. The van der Waals surface area contributed by atoms with Crippen LogP contribution in [-0.2, 0) is 13.0 Å². The molecule has 3 nitrogen and oxygen atoms in total. The zero-order valence-electron chi connectivity index (χ0n) is 8.69. The van der Waals surface area contributed by atoms with Crippen LogP contribution in [0.3, 0.4) is 0 Å². The highest BCUT2D eigenvalue weighted by Gasteiger charge is 2.37. The van der Waals surface area contributed by atoms with Crippen molar-refractivity contribution in [2.75, 3.05) is 5.73 Å². The van der Waals surface area contributed by atoms with E-state index in [1.54, 1.807) is 0 Å². The molecule has 1 heterocycles. The highest BCUT2D eigenvalue weighted by atomic mass is 19.3. The van der Waals surface area contributed by atoms with Gasteiger partial charge in [-0.05, 0) is 12.1 Å². The molecule has 2 aromatic rings. The molecule has 84 valence electrons. The second kappa shape index (κ2) is 3.59. The topological polar surface area (TPSA) is 43.8 Å². The molecule has 0 bridgehead atoms. The summed E-state index contributed by atoms with van der Waals surface area (Å²) in [4.78, 5) is 3.67. The number of rotatable bonds is 2. The van der Waals surface area contributed by atoms with Gasteiger partial charge in [-0.3, -0.25) is 0 Å². The van der Waals surface area contributed by atoms with Crippen molar-refractivity contribution in [1.82, 2.24) is 9.55 Å². The number of halogens is 2. The van der Waals surface area contributed by atoms with Gasteiger partial charge < -0.3 is 10.3 Å². The Morgan fingerprint density at radius 3 is 2.38 bits per heavy atom. The van der Waals surface area contributed by atoms with Crippen molar-refractivity contribution in [2.45, 2.75) is 5.92 Å². The van der Waals surface area contributed by atoms with Crippen molar-refractivity contribution in [2.24, 2.45) is 7.05 Å². The van der Waals surface area contributed by atoms with Crippen LogP contribution in [0.5, 0.6) is 0 Å². The summed E-state index contributed by atoms with van der Waals surface area (Å²) in [5.41, 5.74) is 5.80. The molecular weight excluding hydrogens is 212 g/mol. The van der Waals surface area contributed by atoms with E-state index in [1.807, 2.05) is 0 Å². The largest absolute Gasteiger partial charge is 0.399 e. The van der Waals surface area contributed by atoms with Crippen LogP contribution < -0.4 is 5.73 Å². The number of hydrogen-bond donors (Lipinski definition) is 1. The maximum atomic E-state index is 14.0. The third-order valence-corrected chi connectivity index (χ3v) is 2.38. The summed E-state index contributed by atoms with van der Waals surface area (Å²) < 4.78 is 29.3. The predicted octanol–water partition coefficient (Wildman–Crippen LogP) is 2.14. The number of aromatic nitrogens is 2. The molecule has 2 rings (SSSR count). The van der Waals surface area contributed by atoms with Crippen LogP contribution in [0.2, 0.25) is 0 Å². The van der Waals surface area contributed by atoms with Gasteiger partial charge in [-0.25, -0.2) is 4.98 Å². The van der Waals surface area contributed by atoms with Gasteiger partial charge in [0.2, 0.25) is 0 Å². The van der Waals surface area contributed by atoms with Crippen molar-refractivity contribution in [3.05, 3.63) is 48.0 Å². The molecule has 0 spiro atoms. The SMILES string of the molecule is Cn1ccnc1C(F)(F)c1ccc(N)cc1. The lowest BCUT2D eigenvalue weighted by Gasteiger charge is -2.16. The first-order valence-corrected chi connectivity index (χ1v) is 4.73. The van der Waals surface area contributed by atoms with Crippen LogP contribution in [0.25, 0.3) is 0 Å². The van der Waals surface area contributed by atoms with E-state index < -0.39 is 5.92 Å². The van der Waals surface area contributed by atoms with Gasteiger partial charge >= 0.3 is 5.92 Å². The summed E-state index contributed by atoms with van der Waals surface area (Å²) in [5, 5.41) is 0. The highest BCUT2D eigenvalue weighted by Crippen LogP contribution is 2.34. The van der Waals surface area contributed by atoms with Gasteiger partial charge in [-0.2, -0.15) is 8.78 Å². The standard InChI is InChI=1S/C11H11F2N3/c1-16-7-6-15-10(16)11(12,13)8-2-4-9(14)5-3-8/h2-7H,14H2,1H3. The van der Waals surface area contributed by atoms with E-state index in [4.69, 9.17) is 5.73 Å². The van der Waals surface area contributed by atoms with Gasteiger partial charge in [0.25, 0.3) is 0 Å². The lowest BCUT2D eigenvalue weighted by molar-refractivity contribution is 0.0300. The Morgan fingerprint density at radius 2 is 1.88 bits per heavy atom. The molecule has 0 amide bonds. The summed E-state index contributed by atoms with van der Waals surface area (Å²) in [7, 11) is 1.54. The van der Waals surface area contributed by atoms with Crippen LogP contribution >= 0.6 is 0 Å². The van der Waals surface area contributed by atoms with Gasteiger partial charge in [-0.1, -0.05) is 12.1 Å². The molecule has 1 aromatic carbocycles. The van der Waals surface area contributed by atoms with Crippen LogP contribution in [0.4, 0.5) is 14.5 Å². The fourth-order valence-corrected chi connectivity index (χ4v) is 1.49. The Labute approximate surface area is 91.5 Å². The zero-order chi connectivity index (χ0) is 11.8. The molecule has 0 atom stereocenters. The van der Waals surface area contributed by atoms with Crippen molar-refractivity contribution in [3.63, 3.8) is 0 Å². The second-order valence-electron chi connectivity index (χ2n) is 3.56. The molecular formula is C11H11F2N3. The quantitative estimate of drug-likeness (QED) is 0.793. The molecule has 0 saturated heterocycles. The Morgan fingerprint density at radius 1 is 1.25 bits per heavy atom. The van der Waals surface area contributed by atoms with E-state index in [0.29, 0.717) is 5.69 Å². The minimum atomic E-state index is -3.11. The third-order valence-electron chi connectivity index (χ3n) is 2.38. The molecule has 5 heteroatoms. The summed E-state index contributed by atoms with van der Waals surface area (Å²) in [6.07, 6.45) is 2.83. The van der Waals surface area contributed by atoms with Gasteiger partial charge in [0.05, 0.1) is 0 Å². The number of hydrogen-bond acceptors (Lipinski definition) is 2. The minimum Gasteiger partial charge on any atom is -0.399 e. The fourth-order valence-electron chi connectivity index (χ4n) is 1.49. The van der Waals surface area contributed by atoms with E-state index in [1.165, 1.54) is 48.3 Å². The Kier molecular flexibility index (Phi) is 2.38. The van der Waals surface area contributed by atoms with Crippen LogP contribution in [0.1, 0.15) is 11.4 Å². The number of anilines is 1. The molecule has 1 aromatic heterocycles. The first-order chi connectivity index (χ1) is 7.51. The monoisotopic (exact) mass is 223 g/mol. The maximum Gasteiger partial charge on any atom is 0.330 e. The number of benzene rings is 1. The molecule has 0 fully saturated rings. The first-order valence-electron chi connectivity index (χ1n) is 4.73. The van der Waals surface area contributed by atoms with E-state index in [0.717, 1.165) is 0 Å². The van der Waals surface area contributed by atoms with Crippen LogP contribution in [-0.4, -0.2) is 9.55 Å². The molecule has 0 aliphatic carbocycles. The van der Waals surface area contributed by atoms with Crippen molar-refractivity contribution in [3.8, 4) is 0 Å². The minimum absolute atomic E-state index is 0.115. The number of nitrogen functional groups attached to an aromatic ring is 1. The third kappa shape index (κ3) is 1.64. The van der Waals surface area contributed by atoms with E-state index >= 15 is 0 Å². The predicted molar refractivity (Wildman–Crippen MR) is 57.1 cm³/mol. The number of alkyl halides is 2. The Hall–Kier alpha value is -1.91. The molecule has 0 radical (unpaired) electrons. The smallest absolute Gasteiger partial charge is 0.330 e. The van der Waals surface area contributed by atoms with Gasteiger partial charge in [-0.15, -0.1) is 0 Å². The summed E-state index contributed by atoms with van der Waals surface area (Å²) in [6.45, 7) is 0. The number of nitrogens with zero attached hydrogens (tertiary/aromatic N) is 2. The highest BCUT2D eigenvalue weighted by molar-refractivity contribution is 5.41. The Bertz CT molecular complexity index is 488. The number of aryl methyl sites for hydroxylation is 1. The molecule has 16 heavy (non-hydrogen) atoms. The van der Waals surface area contributed by atoms with Crippen LogP contribution in [0, 0.1) is 0 Å². The van der Waals surface area contributed by atoms with Crippen molar-refractivity contribution >= 4 is 5.69 Å². The van der Waals surface area contributed by atoms with Gasteiger partial charge in [0.1, 0.15) is 0 Å². The second-order valence-corrected chi connectivity index (χ2v) is 3.56. The average molecular weight is 223 g/mol. The summed E-state index contributed by atoms with van der Waals surface area (Å²) >= 11 is 0. The molecule has 0 aliphatic heterocycles. The number of nitrogens with two attached hydrogens (primary N) is 1. The van der Waals surface area contributed by atoms with Gasteiger partial charge in [0.15, 0.2) is 5.82 Å².